The predicted octanol–water partition coefficient (Wildman–Crippen LogP) is -0.315. The summed E-state index contributed by atoms with van der Waals surface area (Å²) in [6.45, 7) is 1.06. The summed E-state index contributed by atoms with van der Waals surface area (Å²) < 4.78 is 5.03. The van der Waals surface area contributed by atoms with E-state index in [1.54, 1.807) is 0 Å². The summed E-state index contributed by atoms with van der Waals surface area (Å²) in [5.74, 6) is -5.47. The number of β-lactam (4-membered cyclic amide) rings is 1. The van der Waals surface area contributed by atoms with Gasteiger partial charge in [-0.05, 0) is 18.4 Å². The Morgan fingerprint density at radius 3 is 2.67 bits per heavy atom. The summed E-state index contributed by atoms with van der Waals surface area (Å²) in [5, 5.41) is 8.58. The number of ketones is 2. The zero-order chi connectivity index (χ0) is 19.9. The molecular weight excluding hydrogens is 376 g/mol. The average molecular weight is 396 g/mol. The summed E-state index contributed by atoms with van der Waals surface area (Å²) >= 11 is 1.21. The molecule has 0 radical (unpaired) electrons. The van der Waals surface area contributed by atoms with E-state index in [9.17, 15) is 29.1 Å². The number of esters is 1. The fourth-order valence-corrected chi connectivity index (χ4v) is 5.03. The van der Waals surface area contributed by atoms with Crippen LogP contribution in [0, 0.1) is 11.8 Å². The summed E-state index contributed by atoms with van der Waals surface area (Å²) in [6.07, 6.45) is 0.993. The zero-order valence-electron chi connectivity index (χ0n) is 14.7. The smallest absolute Gasteiger partial charge is 0.319 e. The van der Waals surface area contributed by atoms with E-state index in [0.717, 1.165) is 0 Å². The van der Waals surface area contributed by atoms with Crippen molar-refractivity contribution in [1.82, 2.24) is 4.90 Å². The normalized spacial score (nSPS) is 31.2. The molecule has 1 amide bonds. The molecule has 1 saturated heterocycles. The monoisotopic (exact) mass is 396 g/mol. The molecule has 3 N–H and O–H groups in total. The Labute approximate surface area is 159 Å². The molecule has 0 bridgehead atoms. The Bertz CT molecular complexity index is 762. The Kier molecular flexibility index (Phi) is 5.38. The maximum atomic E-state index is 12.8. The van der Waals surface area contributed by atoms with Crippen LogP contribution < -0.4 is 5.73 Å². The number of carbonyl (C=O) groups is 5. The highest BCUT2D eigenvalue weighted by atomic mass is 32.2. The second-order valence-electron chi connectivity index (χ2n) is 6.80. The van der Waals surface area contributed by atoms with Gasteiger partial charge in [-0.15, -0.1) is 11.8 Å². The number of nitrogens with two attached hydrogens (primary N) is 1. The number of hydrogen-bond acceptors (Lipinski definition) is 8. The summed E-state index contributed by atoms with van der Waals surface area (Å²) in [4.78, 5) is 61.7. The van der Waals surface area contributed by atoms with E-state index in [-0.39, 0.29) is 30.3 Å². The molecule has 2 unspecified atom stereocenters. The first kappa shape index (κ1) is 19.6. The molecule has 4 atom stereocenters. The molecule has 3 rings (SSSR count). The quantitative estimate of drug-likeness (QED) is 0.283. The highest BCUT2D eigenvalue weighted by molar-refractivity contribution is 8.00. The molecular formula is C17H20N2O7S. The molecule has 0 aromatic rings. The van der Waals surface area contributed by atoms with Crippen molar-refractivity contribution >= 4 is 41.2 Å². The van der Waals surface area contributed by atoms with Crippen LogP contribution in [-0.2, 0) is 28.7 Å². The minimum Gasteiger partial charge on any atom is -0.481 e. The first-order valence-electron chi connectivity index (χ1n) is 8.58. The number of amides is 1. The standard InChI is InChI=1S/C17H20N2O7S/c1-7(20)26-5-8-6-27-16-12(17(24)25)15(23)19(16)13(8)11-10(21)4-2-3-9(18)14(11)22/h9,11-12,16H,2-6,18H2,1H3,(H,24,25)/t9?,11?,12-,16-/m1/s1. The van der Waals surface area contributed by atoms with Crippen molar-refractivity contribution in [3.05, 3.63) is 11.3 Å². The number of carbonyl (C=O) groups excluding carboxylic acids is 4. The van der Waals surface area contributed by atoms with Crippen molar-refractivity contribution in [2.45, 2.75) is 37.6 Å². The SMILES string of the molecule is CC(=O)OCC1=C(C2C(=O)CCCC(N)C2=O)N2C(=O)[C@@H](C(=O)O)[C@H]2SC1. The van der Waals surface area contributed by atoms with Crippen molar-refractivity contribution in [3.63, 3.8) is 0 Å². The molecule has 2 heterocycles. The van der Waals surface area contributed by atoms with Crippen LogP contribution in [0.5, 0.6) is 0 Å². The summed E-state index contributed by atoms with van der Waals surface area (Å²) in [6, 6.07) is -0.830. The molecule has 2 fully saturated rings. The topological polar surface area (TPSA) is 144 Å². The Hall–Kier alpha value is -2.20. The average Bonchev–Trinajstić information content (AvgIpc) is 2.70. The van der Waals surface area contributed by atoms with Gasteiger partial charge in [-0.1, -0.05) is 0 Å². The van der Waals surface area contributed by atoms with E-state index in [2.05, 4.69) is 0 Å². The number of carboxylic acid groups (broad SMARTS) is 1. The number of ether oxygens (including phenoxy) is 1. The molecule has 1 aliphatic carbocycles. The number of allylic oxidation sites excluding steroid dienone is 1. The minimum absolute atomic E-state index is 0.149. The van der Waals surface area contributed by atoms with Gasteiger partial charge in [0.05, 0.1) is 6.04 Å². The van der Waals surface area contributed by atoms with Gasteiger partial charge in [-0.2, -0.15) is 0 Å². The number of fused-ring (bicyclic) bond motifs is 1. The Morgan fingerprint density at radius 2 is 2.04 bits per heavy atom. The third-order valence-electron chi connectivity index (χ3n) is 4.99. The van der Waals surface area contributed by atoms with Gasteiger partial charge in [0.2, 0.25) is 5.91 Å². The van der Waals surface area contributed by atoms with Crippen LogP contribution >= 0.6 is 11.8 Å². The first-order chi connectivity index (χ1) is 12.7. The van der Waals surface area contributed by atoms with Gasteiger partial charge in [0.25, 0.3) is 0 Å². The van der Waals surface area contributed by atoms with E-state index in [0.29, 0.717) is 18.4 Å². The van der Waals surface area contributed by atoms with Gasteiger partial charge < -0.3 is 20.5 Å². The molecule has 27 heavy (non-hydrogen) atoms. The van der Waals surface area contributed by atoms with Crippen LogP contribution in [0.2, 0.25) is 0 Å². The van der Waals surface area contributed by atoms with Crippen LogP contribution in [-0.4, -0.2) is 63.2 Å². The number of thioether (sulfide) groups is 1. The number of rotatable bonds is 4. The highest BCUT2D eigenvalue weighted by Gasteiger charge is 2.58. The van der Waals surface area contributed by atoms with Crippen molar-refractivity contribution in [3.8, 4) is 0 Å². The molecule has 9 nitrogen and oxygen atoms in total. The van der Waals surface area contributed by atoms with Crippen LogP contribution in [0.3, 0.4) is 0 Å². The molecule has 10 heteroatoms. The van der Waals surface area contributed by atoms with Crippen LogP contribution in [0.25, 0.3) is 0 Å². The number of hydrogen-bond donors (Lipinski definition) is 2. The molecule has 0 aromatic heterocycles. The van der Waals surface area contributed by atoms with Gasteiger partial charge >= 0.3 is 11.9 Å². The fraction of sp³-hybridized carbons (Fsp3) is 0.588. The number of carboxylic acids is 1. The van der Waals surface area contributed by atoms with Gasteiger partial charge in [0.1, 0.15) is 23.7 Å². The lowest BCUT2D eigenvalue weighted by atomic mass is 9.85. The molecule has 3 aliphatic rings. The van der Waals surface area contributed by atoms with Crippen molar-refractivity contribution in [2.24, 2.45) is 17.6 Å². The minimum atomic E-state index is -1.24. The molecule has 1 saturated carbocycles. The number of nitrogens with zero attached hydrogens (tertiary/aromatic N) is 1. The zero-order valence-corrected chi connectivity index (χ0v) is 15.5. The maximum absolute atomic E-state index is 12.8. The van der Waals surface area contributed by atoms with Crippen LogP contribution in [0.1, 0.15) is 26.2 Å². The van der Waals surface area contributed by atoms with Crippen molar-refractivity contribution < 1.29 is 33.8 Å². The fourth-order valence-electron chi connectivity index (χ4n) is 3.64. The number of Topliss-reactive ketones (excluding diaryl/α,β-unsaturated/α-hetero) is 2. The third-order valence-corrected chi connectivity index (χ3v) is 6.33. The van der Waals surface area contributed by atoms with E-state index in [1.165, 1.54) is 23.6 Å². The van der Waals surface area contributed by atoms with E-state index in [4.69, 9.17) is 10.5 Å². The molecule has 0 aromatic carbocycles. The Morgan fingerprint density at radius 1 is 1.33 bits per heavy atom. The van der Waals surface area contributed by atoms with Crippen LogP contribution in [0.15, 0.2) is 11.3 Å². The van der Waals surface area contributed by atoms with Gasteiger partial charge in [0.15, 0.2) is 11.7 Å². The first-order valence-corrected chi connectivity index (χ1v) is 9.63. The van der Waals surface area contributed by atoms with Gasteiger partial charge in [-0.25, -0.2) is 0 Å². The Balaban J connectivity index is 2.04. The third kappa shape index (κ3) is 3.39. The van der Waals surface area contributed by atoms with E-state index < -0.39 is 46.9 Å². The summed E-state index contributed by atoms with van der Waals surface area (Å²) in [5.41, 5.74) is 6.53. The van der Waals surface area contributed by atoms with Gasteiger partial charge in [-0.3, -0.25) is 24.0 Å². The van der Waals surface area contributed by atoms with Crippen LogP contribution in [0.4, 0.5) is 0 Å². The van der Waals surface area contributed by atoms with E-state index >= 15 is 0 Å². The summed E-state index contributed by atoms with van der Waals surface area (Å²) in [7, 11) is 0. The molecule has 0 spiro atoms. The maximum Gasteiger partial charge on any atom is 0.319 e. The second-order valence-corrected chi connectivity index (χ2v) is 7.90. The van der Waals surface area contributed by atoms with Crippen molar-refractivity contribution in [1.29, 1.82) is 0 Å². The van der Waals surface area contributed by atoms with E-state index in [1.807, 2.05) is 0 Å². The lowest BCUT2D eigenvalue weighted by Gasteiger charge is -2.50. The molecule has 2 aliphatic heterocycles. The molecule has 146 valence electrons. The number of aliphatic carboxylic acids is 1. The highest BCUT2D eigenvalue weighted by Crippen LogP contribution is 2.47. The second kappa shape index (κ2) is 7.43. The predicted molar refractivity (Wildman–Crippen MR) is 93.2 cm³/mol. The van der Waals surface area contributed by atoms with Gasteiger partial charge in [0, 0.05) is 24.8 Å². The largest absolute Gasteiger partial charge is 0.481 e. The lowest BCUT2D eigenvalue weighted by Crippen LogP contribution is -2.64. The lowest BCUT2D eigenvalue weighted by molar-refractivity contribution is -0.162. The van der Waals surface area contributed by atoms with Crippen molar-refractivity contribution in [2.75, 3.05) is 12.4 Å².